The number of aromatic nitrogens is 2. The predicted molar refractivity (Wildman–Crippen MR) is 158 cm³/mol. The molecule has 2 heterocycles. The number of carbonyl (C=O) groups excluding carboxylic acids is 3. The highest BCUT2D eigenvalue weighted by molar-refractivity contribution is 7.80. The number of hydrogen-bond acceptors (Lipinski definition) is 7. The first-order chi connectivity index (χ1) is 19.0. The summed E-state index contributed by atoms with van der Waals surface area (Å²) < 4.78 is 0. The minimum atomic E-state index is -0.395. The quantitative estimate of drug-likeness (QED) is 0.141. The summed E-state index contributed by atoms with van der Waals surface area (Å²) in [5.41, 5.74) is 8.55. The summed E-state index contributed by atoms with van der Waals surface area (Å²) >= 11 is 4.15. The fraction of sp³-hybridized carbons (Fsp3) is 0.429. The van der Waals surface area contributed by atoms with Gasteiger partial charge in [-0.1, -0.05) is 18.2 Å². The second-order valence-electron chi connectivity index (χ2n) is 9.30. The average Bonchev–Trinajstić information content (AvgIpc) is 3.35. The summed E-state index contributed by atoms with van der Waals surface area (Å²) in [4.78, 5) is 47.4. The minimum absolute atomic E-state index is 0.0471. The van der Waals surface area contributed by atoms with Crippen LogP contribution in [0.1, 0.15) is 31.2 Å². The van der Waals surface area contributed by atoms with Gasteiger partial charge in [-0.15, -0.1) is 0 Å². The van der Waals surface area contributed by atoms with E-state index in [0.29, 0.717) is 44.8 Å². The van der Waals surface area contributed by atoms with Crippen molar-refractivity contribution in [3.05, 3.63) is 60.6 Å². The molecule has 0 bridgehead atoms. The van der Waals surface area contributed by atoms with Gasteiger partial charge in [0.2, 0.25) is 17.7 Å². The van der Waals surface area contributed by atoms with Crippen LogP contribution < -0.4 is 21.7 Å². The third-order valence-corrected chi connectivity index (χ3v) is 6.52. The van der Waals surface area contributed by atoms with Crippen molar-refractivity contribution in [2.24, 2.45) is 5.73 Å². The maximum atomic E-state index is 13.0. The van der Waals surface area contributed by atoms with E-state index in [0.717, 1.165) is 22.2 Å². The van der Waals surface area contributed by atoms with Crippen molar-refractivity contribution in [2.45, 2.75) is 38.1 Å². The Bertz CT molecular complexity index is 1190. The lowest BCUT2D eigenvalue weighted by atomic mass is 10.0. The maximum Gasteiger partial charge on any atom is 0.224 e. The topological polar surface area (TPSA) is 145 Å². The molecule has 1 atom stereocenters. The highest BCUT2D eigenvalue weighted by Gasteiger charge is 2.20. The molecule has 2 aromatic heterocycles. The van der Waals surface area contributed by atoms with Crippen molar-refractivity contribution in [3.8, 4) is 0 Å². The largest absolute Gasteiger partial charge is 0.383 e. The summed E-state index contributed by atoms with van der Waals surface area (Å²) in [6.45, 7) is 2.15. The van der Waals surface area contributed by atoms with Gasteiger partial charge in [-0.2, -0.15) is 12.6 Å². The van der Waals surface area contributed by atoms with E-state index in [-0.39, 0.29) is 43.5 Å². The molecule has 39 heavy (non-hydrogen) atoms. The molecule has 0 aliphatic heterocycles. The highest BCUT2D eigenvalue weighted by Crippen LogP contribution is 2.20. The average molecular weight is 554 g/mol. The number of rotatable bonds is 17. The van der Waals surface area contributed by atoms with Gasteiger partial charge in [0.25, 0.3) is 0 Å². The van der Waals surface area contributed by atoms with E-state index < -0.39 is 6.04 Å². The molecular weight excluding hydrogens is 514 g/mol. The fourth-order valence-electron chi connectivity index (χ4n) is 4.35. The van der Waals surface area contributed by atoms with Crippen LogP contribution in [-0.4, -0.2) is 77.1 Å². The lowest BCUT2D eigenvalue weighted by molar-refractivity contribution is -0.131. The van der Waals surface area contributed by atoms with Crippen LogP contribution in [0.3, 0.4) is 0 Å². The molecule has 6 N–H and O–H groups in total. The highest BCUT2D eigenvalue weighted by atomic mass is 32.1. The number of hydrogen-bond donors (Lipinski definition) is 6. The molecule has 0 spiro atoms. The smallest absolute Gasteiger partial charge is 0.224 e. The van der Waals surface area contributed by atoms with E-state index in [1.165, 1.54) is 0 Å². The molecule has 10 nitrogen and oxygen atoms in total. The molecule has 3 rings (SSSR count). The van der Waals surface area contributed by atoms with Crippen LogP contribution >= 0.6 is 12.6 Å². The van der Waals surface area contributed by atoms with Crippen molar-refractivity contribution in [1.82, 2.24) is 25.5 Å². The number of pyridine rings is 1. The van der Waals surface area contributed by atoms with E-state index in [4.69, 9.17) is 5.73 Å². The van der Waals surface area contributed by atoms with E-state index in [9.17, 15) is 14.4 Å². The second-order valence-corrected chi connectivity index (χ2v) is 9.74. The van der Waals surface area contributed by atoms with Gasteiger partial charge >= 0.3 is 0 Å². The monoisotopic (exact) mass is 553 g/mol. The zero-order valence-electron chi connectivity index (χ0n) is 22.2. The molecular formula is C28H39N7O3S. The molecule has 1 aromatic carbocycles. The van der Waals surface area contributed by atoms with Crippen molar-refractivity contribution >= 4 is 46.9 Å². The molecule has 0 saturated carbocycles. The Labute approximate surface area is 234 Å². The van der Waals surface area contributed by atoms with Crippen molar-refractivity contribution in [2.75, 3.05) is 43.8 Å². The first-order valence-corrected chi connectivity index (χ1v) is 14.0. The molecule has 0 fully saturated rings. The van der Waals surface area contributed by atoms with Gasteiger partial charge in [0.15, 0.2) is 0 Å². The number of para-hydroxylation sites is 1. The number of aromatic amines is 1. The predicted octanol–water partition coefficient (Wildman–Crippen LogP) is 2.10. The number of benzene rings is 1. The molecule has 1 unspecified atom stereocenters. The summed E-state index contributed by atoms with van der Waals surface area (Å²) in [5, 5.41) is 10.1. The molecule has 3 aromatic rings. The fourth-order valence-corrected chi connectivity index (χ4v) is 4.46. The Kier molecular flexibility index (Phi) is 12.6. The molecule has 0 aliphatic carbocycles. The zero-order chi connectivity index (χ0) is 27.9. The van der Waals surface area contributed by atoms with Crippen LogP contribution in [0.4, 0.5) is 5.69 Å². The lowest BCUT2D eigenvalue weighted by Gasteiger charge is -2.24. The number of fused-ring (bicyclic) bond motifs is 1. The minimum Gasteiger partial charge on any atom is -0.383 e. The second kappa shape index (κ2) is 16.4. The zero-order valence-corrected chi connectivity index (χ0v) is 23.1. The van der Waals surface area contributed by atoms with Gasteiger partial charge in [-0.25, -0.2) is 0 Å². The third-order valence-electron chi connectivity index (χ3n) is 6.30. The summed E-state index contributed by atoms with van der Waals surface area (Å²) in [7, 11) is 0. The third kappa shape index (κ3) is 10.3. The Hall–Kier alpha value is -3.57. The molecule has 210 valence electrons. The van der Waals surface area contributed by atoms with E-state index in [1.54, 1.807) is 17.3 Å². The normalized spacial score (nSPS) is 11.6. The summed E-state index contributed by atoms with van der Waals surface area (Å²) in [6.07, 6.45) is 7.03. The number of H-pyrrole nitrogens is 1. The van der Waals surface area contributed by atoms with Crippen LogP contribution in [0, 0.1) is 0 Å². The number of anilines is 1. The van der Waals surface area contributed by atoms with Gasteiger partial charge in [-0.3, -0.25) is 19.4 Å². The molecule has 0 aliphatic rings. The van der Waals surface area contributed by atoms with Crippen LogP contribution in [0.5, 0.6) is 0 Å². The Balaban J connectivity index is 1.57. The summed E-state index contributed by atoms with van der Waals surface area (Å²) in [5.74, 6) is 0.139. The van der Waals surface area contributed by atoms with Gasteiger partial charge in [0, 0.05) is 86.7 Å². The molecule has 3 amide bonds. The van der Waals surface area contributed by atoms with Crippen LogP contribution in [0.15, 0.2) is 55.0 Å². The first kappa shape index (κ1) is 30.0. The summed E-state index contributed by atoms with van der Waals surface area (Å²) in [6, 6.07) is 11.3. The molecule has 0 radical (unpaired) electrons. The standard InChI is InChI=1S/C28H39N7O3S/c29-10-4-14-35(28(38)8-12-31-22-5-3-11-30-20-22)15-9-26(36)34-23(18-27(37)32-13-16-39)17-21-19-33-25-7-2-1-6-24(21)25/h1-3,5-7,11,19-20,23,31,33,39H,4,8-10,12-18,29H2,(H,32,37)(H,34,36). The number of nitrogens with two attached hydrogens (primary N) is 1. The van der Waals surface area contributed by atoms with Gasteiger partial charge in [0.1, 0.15) is 0 Å². The number of thiol groups is 1. The van der Waals surface area contributed by atoms with Crippen LogP contribution in [0.25, 0.3) is 10.9 Å². The van der Waals surface area contributed by atoms with Gasteiger partial charge in [-0.05, 0) is 43.1 Å². The van der Waals surface area contributed by atoms with Crippen molar-refractivity contribution < 1.29 is 14.4 Å². The number of carbonyl (C=O) groups is 3. The molecule has 0 saturated heterocycles. The first-order valence-electron chi connectivity index (χ1n) is 13.3. The van der Waals surface area contributed by atoms with Gasteiger partial charge < -0.3 is 31.6 Å². The number of nitrogens with zero attached hydrogens (tertiary/aromatic N) is 2. The van der Waals surface area contributed by atoms with E-state index in [1.807, 2.05) is 42.6 Å². The van der Waals surface area contributed by atoms with E-state index in [2.05, 4.69) is 38.5 Å². The molecule has 11 heteroatoms. The Morgan fingerprint density at radius 1 is 1.05 bits per heavy atom. The Morgan fingerprint density at radius 2 is 1.90 bits per heavy atom. The van der Waals surface area contributed by atoms with E-state index >= 15 is 0 Å². The Morgan fingerprint density at radius 3 is 2.67 bits per heavy atom. The number of nitrogens with one attached hydrogen (secondary N) is 4. The van der Waals surface area contributed by atoms with Crippen molar-refractivity contribution in [3.63, 3.8) is 0 Å². The van der Waals surface area contributed by atoms with Crippen molar-refractivity contribution in [1.29, 1.82) is 0 Å². The van der Waals surface area contributed by atoms with Gasteiger partial charge in [0.05, 0.1) is 5.69 Å². The van der Waals surface area contributed by atoms with Crippen LogP contribution in [0.2, 0.25) is 0 Å². The van der Waals surface area contributed by atoms with Crippen LogP contribution in [-0.2, 0) is 20.8 Å². The maximum absolute atomic E-state index is 13.0. The number of amides is 3. The lowest BCUT2D eigenvalue weighted by Crippen LogP contribution is -2.43. The SMILES string of the molecule is NCCCN(CCC(=O)NC(CC(=O)NCCS)Cc1c[nH]c2ccccc12)C(=O)CCNc1cccnc1.